The Bertz CT molecular complexity index is 196. The number of rotatable bonds is 6. The van der Waals surface area contributed by atoms with Crippen LogP contribution in [0.2, 0.25) is 0 Å². The van der Waals surface area contributed by atoms with Gasteiger partial charge in [0.25, 0.3) is 0 Å². The number of methoxy groups -OCH3 is 1. The summed E-state index contributed by atoms with van der Waals surface area (Å²) in [4.78, 5) is 13.4. The van der Waals surface area contributed by atoms with Crippen LogP contribution in [0.4, 0.5) is 4.79 Å². The smallest absolute Gasteiger partial charge is 0.317 e. The second-order valence-electron chi connectivity index (χ2n) is 3.57. The van der Waals surface area contributed by atoms with E-state index in [1.807, 2.05) is 4.90 Å². The van der Waals surface area contributed by atoms with Crippen LogP contribution >= 0.6 is 0 Å². The van der Waals surface area contributed by atoms with E-state index in [1.165, 1.54) is 0 Å². The molecule has 1 aliphatic heterocycles. The van der Waals surface area contributed by atoms with Gasteiger partial charge in [-0.3, -0.25) is 0 Å². The lowest BCUT2D eigenvalue weighted by molar-refractivity contribution is 0.0720. The third-order valence-corrected chi connectivity index (χ3v) is 2.36. The molecule has 1 saturated heterocycles. The van der Waals surface area contributed by atoms with Crippen molar-refractivity contribution in [3.05, 3.63) is 0 Å². The molecule has 1 rings (SSSR count). The Morgan fingerprint density at radius 3 is 2.75 bits per heavy atom. The Hall–Kier alpha value is -0.850. The minimum absolute atomic E-state index is 0.00292. The lowest BCUT2D eigenvalue weighted by Crippen LogP contribution is -2.50. The largest absolute Gasteiger partial charge is 0.382 e. The van der Waals surface area contributed by atoms with E-state index in [4.69, 9.17) is 9.47 Å². The van der Waals surface area contributed by atoms with Gasteiger partial charge in [0.1, 0.15) is 0 Å². The summed E-state index contributed by atoms with van der Waals surface area (Å²) in [5, 5.41) is 6.02. The molecular formula is C10H21N3O3. The Kier molecular flexibility index (Phi) is 6.87. The van der Waals surface area contributed by atoms with Crippen LogP contribution in [0.3, 0.4) is 0 Å². The normalized spacial score (nSPS) is 16.2. The third-order valence-electron chi connectivity index (χ3n) is 2.36. The molecule has 2 N–H and O–H groups in total. The van der Waals surface area contributed by atoms with E-state index in [-0.39, 0.29) is 6.03 Å². The number of hydrogen-bond acceptors (Lipinski definition) is 4. The summed E-state index contributed by atoms with van der Waals surface area (Å²) in [5.41, 5.74) is 0. The SMILES string of the molecule is COCCOCCNC(=O)N1CCNCC1. The van der Waals surface area contributed by atoms with Crippen LogP contribution in [0, 0.1) is 0 Å². The molecule has 0 unspecified atom stereocenters. The first kappa shape index (κ1) is 13.2. The third kappa shape index (κ3) is 5.29. The van der Waals surface area contributed by atoms with E-state index in [2.05, 4.69) is 10.6 Å². The highest BCUT2D eigenvalue weighted by Gasteiger charge is 2.14. The summed E-state index contributed by atoms with van der Waals surface area (Å²) in [6.07, 6.45) is 0. The molecular weight excluding hydrogens is 210 g/mol. The van der Waals surface area contributed by atoms with E-state index < -0.39 is 0 Å². The fourth-order valence-electron chi connectivity index (χ4n) is 1.45. The maximum atomic E-state index is 11.6. The number of hydrogen-bond donors (Lipinski definition) is 2. The van der Waals surface area contributed by atoms with Crippen molar-refractivity contribution in [3.63, 3.8) is 0 Å². The molecule has 16 heavy (non-hydrogen) atoms. The molecule has 2 amide bonds. The highest BCUT2D eigenvalue weighted by molar-refractivity contribution is 5.74. The standard InChI is InChI=1S/C10H21N3O3/c1-15-8-9-16-7-4-12-10(14)13-5-2-11-3-6-13/h11H,2-9H2,1H3,(H,12,14). The first-order chi connectivity index (χ1) is 7.84. The molecule has 0 saturated carbocycles. The van der Waals surface area contributed by atoms with Crippen LogP contribution in [0.1, 0.15) is 0 Å². The van der Waals surface area contributed by atoms with E-state index in [0.717, 1.165) is 26.2 Å². The Morgan fingerprint density at radius 1 is 1.31 bits per heavy atom. The number of ether oxygens (including phenoxy) is 2. The lowest BCUT2D eigenvalue weighted by atomic mass is 10.4. The average Bonchev–Trinajstić information content (AvgIpc) is 2.34. The molecule has 0 aromatic carbocycles. The van der Waals surface area contributed by atoms with Crippen molar-refractivity contribution in [2.24, 2.45) is 0 Å². The van der Waals surface area contributed by atoms with Gasteiger partial charge < -0.3 is 25.0 Å². The quantitative estimate of drug-likeness (QED) is 0.591. The summed E-state index contributed by atoms with van der Waals surface area (Å²) in [6.45, 7) is 5.53. The Morgan fingerprint density at radius 2 is 2.06 bits per heavy atom. The van der Waals surface area contributed by atoms with Crippen LogP contribution in [-0.2, 0) is 9.47 Å². The predicted molar refractivity (Wildman–Crippen MR) is 60.5 cm³/mol. The fourth-order valence-corrected chi connectivity index (χ4v) is 1.45. The second-order valence-corrected chi connectivity index (χ2v) is 3.57. The van der Waals surface area contributed by atoms with Crippen molar-refractivity contribution in [2.75, 3.05) is 59.7 Å². The van der Waals surface area contributed by atoms with Gasteiger partial charge in [-0.2, -0.15) is 0 Å². The van der Waals surface area contributed by atoms with Gasteiger partial charge in [-0.05, 0) is 0 Å². The number of carbonyl (C=O) groups excluding carboxylic acids is 1. The zero-order valence-corrected chi connectivity index (χ0v) is 9.83. The summed E-state index contributed by atoms with van der Waals surface area (Å²) < 4.78 is 10.1. The molecule has 0 aromatic rings. The van der Waals surface area contributed by atoms with Gasteiger partial charge in [0.2, 0.25) is 0 Å². The molecule has 1 aliphatic rings. The van der Waals surface area contributed by atoms with Gasteiger partial charge in [-0.25, -0.2) is 4.79 Å². The lowest BCUT2D eigenvalue weighted by Gasteiger charge is -2.27. The zero-order valence-electron chi connectivity index (χ0n) is 9.83. The first-order valence-electron chi connectivity index (χ1n) is 5.65. The maximum Gasteiger partial charge on any atom is 0.317 e. The van der Waals surface area contributed by atoms with Gasteiger partial charge in [-0.1, -0.05) is 0 Å². The second kappa shape index (κ2) is 8.32. The summed E-state index contributed by atoms with van der Waals surface area (Å²) in [6, 6.07) is -0.00292. The van der Waals surface area contributed by atoms with Crippen LogP contribution in [-0.4, -0.2) is 70.6 Å². The minimum Gasteiger partial charge on any atom is -0.382 e. The van der Waals surface area contributed by atoms with Crippen LogP contribution in [0.15, 0.2) is 0 Å². The van der Waals surface area contributed by atoms with E-state index in [9.17, 15) is 4.79 Å². The molecule has 6 heteroatoms. The molecule has 94 valence electrons. The molecule has 0 radical (unpaired) electrons. The van der Waals surface area contributed by atoms with Gasteiger partial charge in [0, 0.05) is 39.8 Å². The van der Waals surface area contributed by atoms with Gasteiger partial charge in [0.05, 0.1) is 19.8 Å². The summed E-state index contributed by atoms with van der Waals surface area (Å²) >= 11 is 0. The zero-order chi connectivity index (χ0) is 11.6. The van der Waals surface area contributed by atoms with Crippen LogP contribution < -0.4 is 10.6 Å². The average molecular weight is 231 g/mol. The number of piperazine rings is 1. The van der Waals surface area contributed by atoms with Gasteiger partial charge in [0.15, 0.2) is 0 Å². The summed E-state index contributed by atoms with van der Waals surface area (Å²) in [7, 11) is 1.63. The fraction of sp³-hybridized carbons (Fsp3) is 0.900. The van der Waals surface area contributed by atoms with E-state index >= 15 is 0 Å². The van der Waals surface area contributed by atoms with Crippen LogP contribution in [0.25, 0.3) is 0 Å². The van der Waals surface area contributed by atoms with Crippen molar-refractivity contribution in [1.82, 2.24) is 15.5 Å². The Labute approximate surface area is 96.3 Å². The van der Waals surface area contributed by atoms with Crippen molar-refractivity contribution >= 4 is 6.03 Å². The highest BCUT2D eigenvalue weighted by atomic mass is 16.5. The molecule has 0 bridgehead atoms. The molecule has 0 atom stereocenters. The van der Waals surface area contributed by atoms with Crippen molar-refractivity contribution in [3.8, 4) is 0 Å². The number of amides is 2. The van der Waals surface area contributed by atoms with E-state index in [0.29, 0.717) is 26.4 Å². The molecule has 0 aliphatic carbocycles. The molecule has 0 spiro atoms. The highest BCUT2D eigenvalue weighted by Crippen LogP contribution is 1.92. The van der Waals surface area contributed by atoms with Gasteiger partial charge in [-0.15, -0.1) is 0 Å². The predicted octanol–water partition coefficient (Wildman–Crippen LogP) is -0.736. The summed E-state index contributed by atoms with van der Waals surface area (Å²) in [5.74, 6) is 0. The van der Waals surface area contributed by atoms with Crippen molar-refractivity contribution in [2.45, 2.75) is 0 Å². The van der Waals surface area contributed by atoms with Gasteiger partial charge >= 0.3 is 6.03 Å². The molecule has 0 aromatic heterocycles. The van der Waals surface area contributed by atoms with Crippen molar-refractivity contribution in [1.29, 1.82) is 0 Å². The number of urea groups is 1. The Balaban J connectivity index is 1.97. The monoisotopic (exact) mass is 231 g/mol. The van der Waals surface area contributed by atoms with Crippen LogP contribution in [0.5, 0.6) is 0 Å². The number of nitrogens with one attached hydrogen (secondary N) is 2. The minimum atomic E-state index is -0.00292. The topological polar surface area (TPSA) is 62.8 Å². The van der Waals surface area contributed by atoms with Crippen molar-refractivity contribution < 1.29 is 14.3 Å². The van der Waals surface area contributed by atoms with E-state index in [1.54, 1.807) is 7.11 Å². The maximum absolute atomic E-state index is 11.6. The number of nitrogens with zero attached hydrogens (tertiary/aromatic N) is 1. The molecule has 1 heterocycles. The molecule has 1 fully saturated rings. The molecule has 6 nitrogen and oxygen atoms in total. The first-order valence-corrected chi connectivity index (χ1v) is 5.65. The number of carbonyl (C=O) groups is 1.